The maximum absolute atomic E-state index is 11.2. The molecule has 1 amide bonds. The summed E-state index contributed by atoms with van der Waals surface area (Å²) in [4.78, 5) is 11.2. The summed E-state index contributed by atoms with van der Waals surface area (Å²) in [5, 5.41) is 11.6. The van der Waals surface area contributed by atoms with Crippen molar-refractivity contribution in [2.75, 3.05) is 13.2 Å². The predicted octanol–water partition coefficient (Wildman–Crippen LogP) is 2.09. The topological polar surface area (TPSA) is 58.6 Å². The fourth-order valence-electron chi connectivity index (χ4n) is 0.887. The van der Waals surface area contributed by atoms with Crippen molar-refractivity contribution in [3.63, 3.8) is 0 Å². The summed E-state index contributed by atoms with van der Waals surface area (Å²) in [6.07, 6.45) is 3.24. The Kier molecular flexibility index (Phi) is 5.51. The molecular formula is C12H23NO3. The zero-order valence-corrected chi connectivity index (χ0v) is 10.8. The second-order valence-electron chi connectivity index (χ2n) is 5.43. The van der Waals surface area contributed by atoms with Gasteiger partial charge in [-0.3, -0.25) is 0 Å². The average Bonchev–Trinajstić information content (AvgIpc) is 2.10. The third-order valence-corrected chi connectivity index (χ3v) is 1.74. The van der Waals surface area contributed by atoms with E-state index in [-0.39, 0.29) is 12.0 Å². The molecule has 94 valence electrons. The Morgan fingerprint density at radius 3 is 2.31 bits per heavy atom. The van der Waals surface area contributed by atoms with E-state index in [9.17, 15) is 4.79 Å². The number of hydrogen-bond donors (Lipinski definition) is 2. The van der Waals surface area contributed by atoms with Gasteiger partial charge in [-0.05, 0) is 20.8 Å². The molecule has 4 heteroatoms. The lowest BCUT2D eigenvalue weighted by Crippen LogP contribution is -2.32. The average molecular weight is 229 g/mol. The van der Waals surface area contributed by atoms with E-state index in [2.05, 4.69) is 5.32 Å². The molecule has 0 radical (unpaired) electrons. The summed E-state index contributed by atoms with van der Waals surface area (Å²) in [5.41, 5.74) is -0.728. The number of nitrogens with one attached hydrogen (secondary N) is 1. The van der Waals surface area contributed by atoms with Crippen LogP contribution in [0, 0.1) is 5.41 Å². The summed E-state index contributed by atoms with van der Waals surface area (Å²) in [6.45, 7) is 9.76. The Morgan fingerprint density at radius 1 is 1.31 bits per heavy atom. The minimum Gasteiger partial charge on any atom is -0.444 e. The highest BCUT2D eigenvalue weighted by molar-refractivity contribution is 5.67. The van der Waals surface area contributed by atoms with Crippen molar-refractivity contribution in [1.29, 1.82) is 0 Å². The number of alkyl carbamates (subject to hydrolysis) is 1. The summed E-state index contributed by atoms with van der Waals surface area (Å²) in [6, 6.07) is 0. The van der Waals surface area contributed by atoms with E-state index >= 15 is 0 Å². The van der Waals surface area contributed by atoms with Gasteiger partial charge in [0.15, 0.2) is 0 Å². The molecule has 4 nitrogen and oxygen atoms in total. The summed E-state index contributed by atoms with van der Waals surface area (Å²) < 4.78 is 5.06. The zero-order chi connectivity index (χ0) is 12.8. The Bertz CT molecular complexity index is 251. The lowest BCUT2D eigenvalue weighted by atomic mass is 9.94. The van der Waals surface area contributed by atoms with Gasteiger partial charge in [0.25, 0.3) is 0 Å². The molecule has 2 N–H and O–H groups in total. The number of ether oxygens (including phenoxy) is 1. The second-order valence-corrected chi connectivity index (χ2v) is 5.43. The molecule has 0 saturated heterocycles. The molecule has 0 aliphatic rings. The van der Waals surface area contributed by atoms with Crippen molar-refractivity contribution >= 4 is 6.09 Å². The Balaban J connectivity index is 3.87. The Morgan fingerprint density at radius 2 is 1.88 bits per heavy atom. The first-order valence-electron chi connectivity index (χ1n) is 5.42. The number of amides is 1. The van der Waals surface area contributed by atoms with Gasteiger partial charge in [0.1, 0.15) is 5.60 Å². The number of aliphatic hydroxyl groups is 1. The van der Waals surface area contributed by atoms with Gasteiger partial charge in [-0.2, -0.15) is 0 Å². The molecule has 0 atom stereocenters. The lowest BCUT2D eigenvalue weighted by molar-refractivity contribution is 0.0534. The smallest absolute Gasteiger partial charge is 0.407 e. The zero-order valence-electron chi connectivity index (χ0n) is 10.8. The summed E-state index contributed by atoms with van der Waals surface area (Å²) in [7, 11) is 0. The SMILES string of the molecule is CC(C)(C=CCNC(=O)OC(C)(C)C)CO. The third kappa shape index (κ3) is 8.29. The minimum atomic E-state index is -0.474. The normalized spacial score (nSPS) is 12.9. The quantitative estimate of drug-likeness (QED) is 0.726. The van der Waals surface area contributed by atoms with Crippen molar-refractivity contribution in [3.05, 3.63) is 12.2 Å². The van der Waals surface area contributed by atoms with Crippen LogP contribution in [-0.4, -0.2) is 30.0 Å². The number of aliphatic hydroxyl groups excluding tert-OH is 1. The molecule has 0 spiro atoms. The first-order chi connectivity index (χ1) is 7.16. The maximum atomic E-state index is 11.2. The molecule has 16 heavy (non-hydrogen) atoms. The molecule has 0 heterocycles. The van der Waals surface area contributed by atoms with Crippen molar-refractivity contribution in [1.82, 2.24) is 5.32 Å². The molecule has 0 aromatic heterocycles. The van der Waals surface area contributed by atoms with Gasteiger partial charge in [-0.1, -0.05) is 26.0 Å². The van der Waals surface area contributed by atoms with E-state index in [0.29, 0.717) is 6.54 Å². The van der Waals surface area contributed by atoms with Crippen LogP contribution < -0.4 is 5.32 Å². The van der Waals surface area contributed by atoms with Gasteiger partial charge in [0.2, 0.25) is 0 Å². The number of carbonyl (C=O) groups excluding carboxylic acids is 1. The number of hydrogen-bond acceptors (Lipinski definition) is 3. The molecule has 0 fully saturated rings. The fourth-order valence-corrected chi connectivity index (χ4v) is 0.887. The molecule has 0 aromatic carbocycles. The molecular weight excluding hydrogens is 206 g/mol. The molecule has 0 saturated carbocycles. The van der Waals surface area contributed by atoms with E-state index in [1.165, 1.54) is 0 Å². The highest BCUT2D eigenvalue weighted by atomic mass is 16.6. The number of carbonyl (C=O) groups is 1. The highest BCUT2D eigenvalue weighted by Crippen LogP contribution is 2.14. The fraction of sp³-hybridized carbons (Fsp3) is 0.750. The Hall–Kier alpha value is -1.03. The molecule has 0 unspecified atom stereocenters. The van der Waals surface area contributed by atoms with Crippen LogP contribution in [0.5, 0.6) is 0 Å². The van der Waals surface area contributed by atoms with Crippen molar-refractivity contribution in [2.45, 2.75) is 40.2 Å². The van der Waals surface area contributed by atoms with Gasteiger partial charge < -0.3 is 15.2 Å². The van der Waals surface area contributed by atoms with Gasteiger partial charge in [0, 0.05) is 12.0 Å². The van der Waals surface area contributed by atoms with Gasteiger partial charge >= 0.3 is 6.09 Å². The van der Waals surface area contributed by atoms with E-state index in [1.54, 1.807) is 6.08 Å². The first kappa shape index (κ1) is 15.0. The van der Waals surface area contributed by atoms with E-state index in [0.717, 1.165) is 0 Å². The largest absolute Gasteiger partial charge is 0.444 e. The van der Waals surface area contributed by atoms with Crippen molar-refractivity contribution in [2.24, 2.45) is 5.41 Å². The minimum absolute atomic E-state index is 0.0793. The third-order valence-electron chi connectivity index (χ3n) is 1.74. The summed E-state index contributed by atoms with van der Waals surface area (Å²) >= 11 is 0. The van der Waals surface area contributed by atoms with Crippen LogP contribution >= 0.6 is 0 Å². The monoisotopic (exact) mass is 229 g/mol. The van der Waals surface area contributed by atoms with Gasteiger partial charge in [-0.25, -0.2) is 4.79 Å². The molecule has 0 aliphatic carbocycles. The number of rotatable bonds is 4. The van der Waals surface area contributed by atoms with Crippen LogP contribution in [0.2, 0.25) is 0 Å². The van der Waals surface area contributed by atoms with Gasteiger partial charge in [0.05, 0.1) is 6.61 Å². The Labute approximate surface area is 97.7 Å². The summed E-state index contributed by atoms with van der Waals surface area (Å²) in [5.74, 6) is 0. The van der Waals surface area contributed by atoms with Gasteiger partial charge in [-0.15, -0.1) is 0 Å². The van der Waals surface area contributed by atoms with Crippen LogP contribution in [0.3, 0.4) is 0 Å². The lowest BCUT2D eigenvalue weighted by Gasteiger charge is -2.19. The van der Waals surface area contributed by atoms with Crippen LogP contribution in [0.4, 0.5) is 4.79 Å². The molecule has 0 aromatic rings. The van der Waals surface area contributed by atoms with E-state index in [1.807, 2.05) is 40.7 Å². The highest BCUT2D eigenvalue weighted by Gasteiger charge is 2.15. The van der Waals surface area contributed by atoms with Crippen LogP contribution in [-0.2, 0) is 4.74 Å². The van der Waals surface area contributed by atoms with E-state index in [4.69, 9.17) is 9.84 Å². The van der Waals surface area contributed by atoms with E-state index < -0.39 is 11.7 Å². The second kappa shape index (κ2) is 5.89. The van der Waals surface area contributed by atoms with Crippen LogP contribution in [0.15, 0.2) is 12.2 Å². The standard InChI is InChI=1S/C12H23NO3/c1-11(2,3)16-10(15)13-8-6-7-12(4,5)9-14/h6-7,14H,8-9H2,1-5H3,(H,13,15). The molecule has 0 bridgehead atoms. The maximum Gasteiger partial charge on any atom is 0.407 e. The van der Waals surface area contributed by atoms with Crippen LogP contribution in [0.25, 0.3) is 0 Å². The van der Waals surface area contributed by atoms with Crippen LogP contribution in [0.1, 0.15) is 34.6 Å². The molecule has 0 rings (SSSR count). The van der Waals surface area contributed by atoms with Crippen molar-refractivity contribution in [3.8, 4) is 0 Å². The first-order valence-corrected chi connectivity index (χ1v) is 5.42. The predicted molar refractivity (Wildman–Crippen MR) is 64.2 cm³/mol. The molecule has 0 aliphatic heterocycles. The van der Waals surface area contributed by atoms with Crippen molar-refractivity contribution < 1.29 is 14.6 Å².